The molecule has 1 saturated carbocycles. The van der Waals surface area contributed by atoms with Crippen LogP contribution in [-0.2, 0) is 16.1 Å². The number of nitrogens with one attached hydrogen (secondary N) is 1. The molecule has 0 spiro atoms. The monoisotopic (exact) mass is 542 g/mol. The van der Waals surface area contributed by atoms with Crippen LogP contribution in [0.25, 0.3) is 11.1 Å². The summed E-state index contributed by atoms with van der Waals surface area (Å²) >= 11 is 0. The Morgan fingerprint density at radius 1 is 1.00 bits per heavy atom. The summed E-state index contributed by atoms with van der Waals surface area (Å²) in [6.45, 7) is 5.07. The molecule has 40 heavy (non-hydrogen) atoms. The number of pyridine rings is 1. The van der Waals surface area contributed by atoms with Crippen molar-refractivity contribution in [2.45, 2.75) is 25.8 Å². The van der Waals surface area contributed by atoms with Gasteiger partial charge in [-0.3, -0.25) is 10.1 Å². The summed E-state index contributed by atoms with van der Waals surface area (Å²) in [4.78, 5) is 36.1. The van der Waals surface area contributed by atoms with Crippen LogP contribution in [-0.4, -0.2) is 68.3 Å². The van der Waals surface area contributed by atoms with Crippen LogP contribution >= 0.6 is 0 Å². The van der Waals surface area contributed by atoms with Gasteiger partial charge in [-0.15, -0.1) is 0 Å². The second-order valence-corrected chi connectivity index (χ2v) is 10.4. The van der Waals surface area contributed by atoms with E-state index in [4.69, 9.17) is 10.5 Å². The van der Waals surface area contributed by atoms with Gasteiger partial charge in [-0.2, -0.15) is 0 Å². The summed E-state index contributed by atoms with van der Waals surface area (Å²) < 4.78 is 4.93. The fraction of sp³-hybridized carbons (Fsp3) is 0.387. The number of benzene rings is 2. The van der Waals surface area contributed by atoms with Crippen molar-refractivity contribution in [2.24, 2.45) is 11.7 Å². The van der Waals surface area contributed by atoms with Crippen molar-refractivity contribution < 1.29 is 14.3 Å². The Bertz CT molecular complexity index is 1310. The molecule has 1 aliphatic heterocycles. The molecule has 0 unspecified atom stereocenters. The van der Waals surface area contributed by atoms with Crippen LogP contribution in [0.4, 0.5) is 22.0 Å². The maximum atomic E-state index is 12.9. The van der Waals surface area contributed by atoms with Gasteiger partial charge in [0.1, 0.15) is 5.82 Å². The van der Waals surface area contributed by atoms with Crippen LogP contribution in [0.2, 0.25) is 0 Å². The standard InChI is InChI=1S/C31H38N6O3/c1-40-31(39)34-27-21-26(11-12-28(27)35-16-18-36(19-17-35)29-8-2-3-14-33-29)25-7-4-6-23(20-25)22-37(15-5-13-32)30(38)24-9-10-24/h2-4,6-8,11-12,14,20-21,24H,5,9-10,13,15-19,22,32H2,1H3,(H,34,39). The Balaban J connectivity index is 1.35. The molecule has 2 fully saturated rings. The molecule has 0 atom stereocenters. The highest BCUT2D eigenvalue weighted by Crippen LogP contribution is 2.34. The first-order valence-corrected chi connectivity index (χ1v) is 14.0. The normalized spacial score (nSPS) is 15.1. The van der Waals surface area contributed by atoms with E-state index in [1.165, 1.54) is 7.11 Å². The van der Waals surface area contributed by atoms with Crippen LogP contribution in [0.3, 0.4) is 0 Å². The van der Waals surface area contributed by atoms with Crippen LogP contribution in [0, 0.1) is 5.92 Å². The summed E-state index contributed by atoms with van der Waals surface area (Å²) in [5.41, 5.74) is 10.5. The van der Waals surface area contributed by atoms with Crippen LogP contribution in [0.5, 0.6) is 0 Å². The van der Waals surface area contributed by atoms with Gasteiger partial charge >= 0.3 is 6.09 Å². The minimum absolute atomic E-state index is 0.172. The lowest BCUT2D eigenvalue weighted by Crippen LogP contribution is -2.47. The summed E-state index contributed by atoms with van der Waals surface area (Å²) in [6, 6.07) is 20.4. The molecule has 9 heteroatoms. The molecule has 1 saturated heterocycles. The number of hydrogen-bond donors (Lipinski definition) is 2. The number of piperazine rings is 1. The van der Waals surface area contributed by atoms with Gasteiger partial charge in [-0.25, -0.2) is 9.78 Å². The number of amides is 2. The second kappa shape index (κ2) is 12.8. The van der Waals surface area contributed by atoms with Crippen LogP contribution in [0.1, 0.15) is 24.8 Å². The zero-order valence-electron chi connectivity index (χ0n) is 23.1. The summed E-state index contributed by atoms with van der Waals surface area (Å²) in [6.07, 6.45) is 4.07. The van der Waals surface area contributed by atoms with Gasteiger partial charge in [0.05, 0.1) is 18.5 Å². The van der Waals surface area contributed by atoms with Crippen LogP contribution in [0.15, 0.2) is 66.9 Å². The van der Waals surface area contributed by atoms with Gasteiger partial charge in [0.15, 0.2) is 0 Å². The molecule has 210 valence electrons. The van der Waals surface area contributed by atoms with Crippen molar-refractivity contribution in [3.05, 3.63) is 72.4 Å². The molecular weight excluding hydrogens is 504 g/mol. The average molecular weight is 543 g/mol. The maximum Gasteiger partial charge on any atom is 0.411 e. The number of hydrogen-bond acceptors (Lipinski definition) is 7. The van der Waals surface area contributed by atoms with E-state index in [2.05, 4.69) is 50.4 Å². The summed E-state index contributed by atoms with van der Waals surface area (Å²) in [5, 5.41) is 2.92. The third-order valence-corrected chi connectivity index (χ3v) is 7.52. The van der Waals surface area contributed by atoms with Gasteiger partial charge in [0.25, 0.3) is 0 Å². The van der Waals surface area contributed by atoms with Gasteiger partial charge < -0.3 is 25.2 Å². The number of methoxy groups -OCH3 is 1. The highest BCUT2D eigenvalue weighted by molar-refractivity contribution is 5.91. The number of carbonyl (C=O) groups is 2. The number of carbonyl (C=O) groups excluding carboxylic acids is 2. The van der Waals surface area contributed by atoms with Crippen molar-refractivity contribution in [1.29, 1.82) is 0 Å². The predicted octanol–water partition coefficient (Wildman–Crippen LogP) is 4.34. The molecule has 0 bridgehead atoms. The number of nitrogens with zero attached hydrogens (tertiary/aromatic N) is 4. The van der Waals surface area contributed by atoms with Crippen molar-refractivity contribution in [3.63, 3.8) is 0 Å². The van der Waals surface area contributed by atoms with Gasteiger partial charge in [0.2, 0.25) is 5.91 Å². The lowest BCUT2D eigenvalue weighted by molar-refractivity contribution is -0.133. The van der Waals surface area contributed by atoms with Gasteiger partial charge in [0, 0.05) is 51.4 Å². The second-order valence-electron chi connectivity index (χ2n) is 10.4. The molecule has 0 radical (unpaired) electrons. The molecule has 2 amide bonds. The number of rotatable bonds is 10. The summed E-state index contributed by atoms with van der Waals surface area (Å²) in [5.74, 6) is 1.38. The SMILES string of the molecule is COC(=O)Nc1cc(-c2cccc(CN(CCCN)C(=O)C3CC3)c2)ccc1N1CCN(c2ccccn2)CC1. The Morgan fingerprint density at radius 3 is 2.48 bits per heavy atom. The van der Waals surface area contributed by atoms with E-state index in [1.807, 2.05) is 41.4 Å². The molecule has 9 nitrogen and oxygen atoms in total. The highest BCUT2D eigenvalue weighted by atomic mass is 16.5. The molecule has 1 aliphatic carbocycles. The molecule has 2 aromatic carbocycles. The zero-order chi connectivity index (χ0) is 27.9. The van der Waals surface area contributed by atoms with Crippen LogP contribution < -0.4 is 20.9 Å². The summed E-state index contributed by atoms with van der Waals surface area (Å²) in [7, 11) is 1.37. The first-order chi connectivity index (χ1) is 19.6. The quantitative estimate of drug-likeness (QED) is 0.393. The van der Waals surface area contributed by atoms with E-state index in [-0.39, 0.29) is 11.8 Å². The topological polar surface area (TPSA) is 104 Å². The fourth-order valence-corrected chi connectivity index (χ4v) is 5.18. The number of anilines is 3. The number of nitrogens with two attached hydrogens (primary N) is 1. The Hall–Kier alpha value is -4.11. The molecule has 1 aromatic heterocycles. The first kappa shape index (κ1) is 27.5. The fourth-order valence-electron chi connectivity index (χ4n) is 5.18. The molecule has 3 aromatic rings. The lowest BCUT2D eigenvalue weighted by atomic mass is 10.0. The maximum absolute atomic E-state index is 12.9. The van der Waals surface area contributed by atoms with E-state index < -0.39 is 6.09 Å². The minimum Gasteiger partial charge on any atom is -0.453 e. The minimum atomic E-state index is -0.506. The smallest absolute Gasteiger partial charge is 0.411 e. The van der Waals surface area contributed by atoms with E-state index in [9.17, 15) is 9.59 Å². The molecule has 5 rings (SSSR count). The Morgan fingerprint density at radius 2 is 1.77 bits per heavy atom. The lowest BCUT2D eigenvalue weighted by Gasteiger charge is -2.37. The zero-order valence-corrected chi connectivity index (χ0v) is 23.1. The van der Waals surface area contributed by atoms with E-state index >= 15 is 0 Å². The van der Waals surface area contributed by atoms with Crippen molar-refractivity contribution in [2.75, 3.05) is 61.5 Å². The highest BCUT2D eigenvalue weighted by Gasteiger charge is 2.33. The predicted molar refractivity (Wildman–Crippen MR) is 158 cm³/mol. The number of ether oxygens (including phenoxy) is 1. The Labute approximate surface area is 235 Å². The Kier molecular flexibility index (Phi) is 8.81. The third-order valence-electron chi connectivity index (χ3n) is 7.52. The van der Waals surface area contributed by atoms with Crippen molar-refractivity contribution in [1.82, 2.24) is 9.88 Å². The molecule has 2 aliphatic rings. The van der Waals surface area contributed by atoms with Gasteiger partial charge in [-0.05, 0) is 72.8 Å². The molecule has 2 heterocycles. The molecular formula is C31H38N6O3. The van der Waals surface area contributed by atoms with E-state index in [0.717, 1.165) is 73.6 Å². The molecule has 3 N–H and O–H groups in total. The van der Waals surface area contributed by atoms with Crippen molar-refractivity contribution >= 4 is 29.2 Å². The van der Waals surface area contributed by atoms with Crippen molar-refractivity contribution in [3.8, 4) is 11.1 Å². The average Bonchev–Trinajstić information content (AvgIpc) is 3.85. The van der Waals surface area contributed by atoms with Gasteiger partial charge in [-0.1, -0.05) is 30.3 Å². The largest absolute Gasteiger partial charge is 0.453 e. The number of aromatic nitrogens is 1. The van der Waals surface area contributed by atoms with E-state index in [1.54, 1.807) is 0 Å². The third kappa shape index (κ3) is 6.71. The van der Waals surface area contributed by atoms with E-state index in [0.29, 0.717) is 25.3 Å². The first-order valence-electron chi connectivity index (χ1n) is 14.0.